The Balaban J connectivity index is 2.56. The molecule has 1 aliphatic heterocycles. The molecule has 2 unspecified atom stereocenters. The fraction of sp³-hybridized carbons (Fsp3) is 1.00. The molecule has 2 N–H and O–H groups in total. The molecule has 0 saturated carbocycles. The number of aliphatic hydroxyl groups is 1. The van der Waals surface area contributed by atoms with Crippen molar-refractivity contribution in [3.63, 3.8) is 0 Å². The molecule has 1 saturated heterocycles. The number of piperidine rings is 1. The van der Waals surface area contributed by atoms with Crippen LogP contribution in [0.3, 0.4) is 0 Å². The largest absolute Gasteiger partial charge is 0.395 e. The van der Waals surface area contributed by atoms with Gasteiger partial charge in [0.15, 0.2) is 0 Å². The van der Waals surface area contributed by atoms with Gasteiger partial charge in [0.25, 0.3) is 0 Å². The number of likely N-dealkylation sites (N-methyl/N-ethyl adjacent to an activating group) is 1. The molecule has 0 bridgehead atoms. The minimum absolute atomic E-state index is 0.0621. The predicted octanol–water partition coefficient (Wildman–Crippen LogP) is -0.229. The van der Waals surface area contributed by atoms with Crippen molar-refractivity contribution in [1.82, 2.24) is 9.62 Å². The summed E-state index contributed by atoms with van der Waals surface area (Å²) in [5, 5.41) is 12.2. The summed E-state index contributed by atoms with van der Waals surface area (Å²) in [4.78, 5) is 0. The van der Waals surface area contributed by atoms with E-state index in [4.69, 9.17) is 5.11 Å². The number of nitrogens with zero attached hydrogens (tertiary/aromatic N) is 1. The third-order valence-corrected chi connectivity index (χ3v) is 5.21. The lowest BCUT2D eigenvalue weighted by molar-refractivity contribution is 0.213. The molecular weight excluding hydrogens is 228 g/mol. The first kappa shape index (κ1) is 13.9. The van der Waals surface area contributed by atoms with Gasteiger partial charge >= 0.3 is 0 Å². The predicted molar refractivity (Wildman–Crippen MR) is 63.7 cm³/mol. The first-order valence-electron chi connectivity index (χ1n) is 5.77. The van der Waals surface area contributed by atoms with Crippen LogP contribution in [-0.4, -0.2) is 55.9 Å². The number of rotatable bonds is 5. The van der Waals surface area contributed by atoms with E-state index < -0.39 is 10.0 Å². The number of hydrogen-bond donors (Lipinski definition) is 2. The van der Waals surface area contributed by atoms with Crippen LogP contribution in [0.2, 0.25) is 0 Å². The Morgan fingerprint density at radius 2 is 2.19 bits per heavy atom. The second kappa shape index (κ2) is 5.95. The molecule has 2 atom stereocenters. The zero-order chi connectivity index (χ0) is 12.2. The molecule has 1 heterocycles. The minimum Gasteiger partial charge on any atom is -0.395 e. The van der Waals surface area contributed by atoms with Crippen LogP contribution < -0.4 is 5.32 Å². The Labute approximate surface area is 97.9 Å². The fourth-order valence-corrected chi connectivity index (χ4v) is 3.47. The van der Waals surface area contributed by atoms with Gasteiger partial charge in [-0.2, -0.15) is 4.31 Å². The highest BCUT2D eigenvalue weighted by atomic mass is 32.2. The smallest absolute Gasteiger partial charge is 0.215 e. The molecule has 1 aliphatic rings. The maximum atomic E-state index is 12.0. The van der Waals surface area contributed by atoms with E-state index in [0.717, 1.165) is 25.8 Å². The molecule has 1 rings (SSSR count). The lowest BCUT2D eigenvalue weighted by atomic mass is 10.1. The van der Waals surface area contributed by atoms with Crippen molar-refractivity contribution in [3.05, 3.63) is 0 Å². The van der Waals surface area contributed by atoms with Crippen LogP contribution in [0.25, 0.3) is 0 Å². The van der Waals surface area contributed by atoms with Crippen molar-refractivity contribution in [2.45, 2.75) is 38.3 Å². The van der Waals surface area contributed by atoms with Gasteiger partial charge in [-0.25, -0.2) is 8.42 Å². The van der Waals surface area contributed by atoms with Crippen LogP contribution in [0.15, 0.2) is 0 Å². The van der Waals surface area contributed by atoms with Gasteiger partial charge in [-0.3, -0.25) is 0 Å². The van der Waals surface area contributed by atoms with E-state index in [0.29, 0.717) is 0 Å². The summed E-state index contributed by atoms with van der Waals surface area (Å²) in [6.07, 6.45) is 3.13. The van der Waals surface area contributed by atoms with Crippen LogP contribution in [0.4, 0.5) is 0 Å². The third-order valence-electron chi connectivity index (χ3n) is 3.15. The van der Waals surface area contributed by atoms with Gasteiger partial charge in [-0.05, 0) is 26.3 Å². The van der Waals surface area contributed by atoms with E-state index in [1.807, 2.05) is 0 Å². The molecule has 0 aliphatic carbocycles. The van der Waals surface area contributed by atoms with Gasteiger partial charge in [0.2, 0.25) is 10.0 Å². The Kier molecular flexibility index (Phi) is 5.17. The third kappa shape index (κ3) is 3.69. The summed E-state index contributed by atoms with van der Waals surface area (Å²) in [7, 11) is -1.73. The summed E-state index contributed by atoms with van der Waals surface area (Å²) in [5.41, 5.74) is 0. The molecule has 0 aromatic rings. The van der Waals surface area contributed by atoms with Crippen molar-refractivity contribution in [2.24, 2.45) is 0 Å². The Hall–Kier alpha value is -0.170. The summed E-state index contributed by atoms with van der Waals surface area (Å²) in [6, 6.07) is -0.291. The molecule has 6 heteroatoms. The molecule has 5 nitrogen and oxygen atoms in total. The summed E-state index contributed by atoms with van der Waals surface area (Å²) < 4.78 is 25.2. The first-order valence-corrected chi connectivity index (χ1v) is 7.38. The normalized spacial score (nSPS) is 24.6. The highest BCUT2D eigenvalue weighted by Crippen LogP contribution is 2.12. The van der Waals surface area contributed by atoms with Gasteiger partial charge in [-0.1, -0.05) is 6.42 Å². The molecule has 96 valence electrons. The number of nitrogens with one attached hydrogen (secondary N) is 1. The molecule has 0 radical (unpaired) electrons. The molecular formula is C10H22N2O3S. The summed E-state index contributed by atoms with van der Waals surface area (Å²) in [5.74, 6) is 0.133. The van der Waals surface area contributed by atoms with Crippen molar-refractivity contribution >= 4 is 10.0 Å². The topological polar surface area (TPSA) is 69.6 Å². The highest BCUT2D eigenvalue weighted by molar-refractivity contribution is 7.89. The van der Waals surface area contributed by atoms with Crippen LogP contribution in [0.5, 0.6) is 0 Å². The van der Waals surface area contributed by atoms with Gasteiger partial charge in [-0.15, -0.1) is 0 Å². The minimum atomic E-state index is -3.26. The quantitative estimate of drug-likeness (QED) is 0.707. The average Bonchev–Trinajstić information content (AvgIpc) is 2.27. The van der Waals surface area contributed by atoms with Crippen molar-refractivity contribution in [1.29, 1.82) is 0 Å². The number of aliphatic hydroxyl groups excluding tert-OH is 1. The van der Waals surface area contributed by atoms with E-state index in [2.05, 4.69) is 5.32 Å². The molecule has 0 aromatic carbocycles. The van der Waals surface area contributed by atoms with Crippen molar-refractivity contribution in [2.75, 3.05) is 26.0 Å². The zero-order valence-electron chi connectivity index (χ0n) is 10.0. The maximum Gasteiger partial charge on any atom is 0.215 e. The van der Waals surface area contributed by atoms with Crippen molar-refractivity contribution < 1.29 is 13.5 Å². The summed E-state index contributed by atoms with van der Waals surface area (Å²) >= 11 is 0. The standard InChI is InChI=1S/C10H22N2O3S/c1-9(7-13)12(2)16(14,15)8-10-5-3-4-6-11-10/h9-11,13H,3-8H2,1-2H3. The van der Waals surface area contributed by atoms with Crippen LogP contribution in [0.1, 0.15) is 26.2 Å². The summed E-state index contributed by atoms with van der Waals surface area (Å²) in [6.45, 7) is 2.46. The van der Waals surface area contributed by atoms with Gasteiger partial charge in [0.05, 0.1) is 12.4 Å². The second-order valence-electron chi connectivity index (χ2n) is 4.47. The van der Waals surface area contributed by atoms with E-state index >= 15 is 0 Å². The Morgan fingerprint density at radius 3 is 2.69 bits per heavy atom. The monoisotopic (exact) mass is 250 g/mol. The Morgan fingerprint density at radius 1 is 1.50 bits per heavy atom. The SMILES string of the molecule is CC(CO)N(C)S(=O)(=O)CC1CCCCN1. The average molecular weight is 250 g/mol. The molecule has 0 spiro atoms. The van der Waals surface area contributed by atoms with E-state index in [-0.39, 0.29) is 24.4 Å². The zero-order valence-corrected chi connectivity index (χ0v) is 10.8. The van der Waals surface area contributed by atoms with Crippen LogP contribution >= 0.6 is 0 Å². The lowest BCUT2D eigenvalue weighted by Gasteiger charge is -2.28. The molecule has 0 aromatic heterocycles. The lowest BCUT2D eigenvalue weighted by Crippen LogP contribution is -2.46. The molecule has 16 heavy (non-hydrogen) atoms. The number of sulfonamides is 1. The van der Waals surface area contributed by atoms with E-state index in [1.165, 1.54) is 11.4 Å². The van der Waals surface area contributed by atoms with Gasteiger partial charge < -0.3 is 10.4 Å². The van der Waals surface area contributed by atoms with Crippen molar-refractivity contribution in [3.8, 4) is 0 Å². The number of hydrogen-bond acceptors (Lipinski definition) is 4. The Bertz CT molecular complexity index is 299. The highest BCUT2D eigenvalue weighted by Gasteiger charge is 2.27. The second-order valence-corrected chi connectivity index (χ2v) is 6.55. The fourth-order valence-electron chi connectivity index (χ4n) is 1.83. The molecule has 0 amide bonds. The van der Waals surface area contributed by atoms with E-state index in [9.17, 15) is 8.42 Å². The van der Waals surface area contributed by atoms with Gasteiger partial charge in [0, 0.05) is 19.1 Å². The first-order chi connectivity index (χ1) is 7.47. The van der Waals surface area contributed by atoms with Gasteiger partial charge in [0.1, 0.15) is 0 Å². The van der Waals surface area contributed by atoms with Crippen LogP contribution in [-0.2, 0) is 10.0 Å². The maximum absolute atomic E-state index is 12.0. The van der Waals surface area contributed by atoms with Crippen LogP contribution in [0, 0.1) is 0 Å². The van der Waals surface area contributed by atoms with E-state index in [1.54, 1.807) is 6.92 Å². The molecule has 1 fully saturated rings.